The quantitative estimate of drug-likeness (QED) is 0.0173. The fraction of sp³-hybridized carbons (Fsp3) is 0.458. The molecule has 2 aliphatic rings. The van der Waals surface area contributed by atoms with Crippen molar-refractivity contribution in [1.82, 2.24) is 20.9 Å². The number of ether oxygens (including phenoxy) is 5. The molecule has 4 N–H and O–H groups in total. The highest BCUT2D eigenvalue weighted by molar-refractivity contribution is 6.76. The van der Waals surface area contributed by atoms with Gasteiger partial charge in [-0.05, 0) is 98.2 Å². The third-order valence-corrected chi connectivity index (χ3v) is 15.5. The number of alkyl carbamates (subject to hydrolysis) is 1. The number of likely N-dealkylation sites (N-methyl/N-ethyl adjacent to an activating group) is 1. The van der Waals surface area contributed by atoms with E-state index in [-0.39, 0.29) is 18.9 Å². The second kappa shape index (κ2) is 25.3. The number of epoxide rings is 1. The van der Waals surface area contributed by atoms with E-state index in [9.17, 15) is 29.1 Å². The van der Waals surface area contributed by atoms with E-state index in [0.29, 0.717) is 36.5 Å². The van der Waals surface area contributed by atoms with Gasteiger partial charge in [0, 0.05) is 33.5 Å². The van der Waals surface area contributed by atoms with Crippen molar-refractivity contribution in [3.63, 3.8) is 0 Å². The number of amides is 4. The number of benzene rings is 4. The number of rotatable bonds is 24. The van der Waals surface area contributed by atoms with Crippen LogP contribution in [0.3, 0.4) is 0 Å². The number of aliphatic hydroxyl groups is 1. The normalized spacial score (nSPS) is 17.8. The molecule has 408 valence electrons. The fourth-order valence-electron chi connectivity index (χ4n) is 8.88. The molecule has 6 rings (SSSR count). The standard InChI is InChI=1S/C59H76N4O12Si/c1-12-37(2)50(62-57(70)75-58(5,6)7)54(67)61-52(41-26-28-42(29-27-41)74-39(4)59(36-73-59)31-30-49(65)71-32-33-76(9,10)11)55(68)63(8)48(34-40-20-14-13-15-21-40)53(66)60-51(38(3)64)56(69)72-35-47-45-24-18-16-22-43(45)44-23-17-19-25-46(44)47/h13-31,37-39,47-48,50-52,64H,12,32-36H2,1-11H3,(H,60,66)(H,61,67)(H,62,70)/b31-30+/t37-,38+,39+,48-,50+,51+,52-,59-/m0/s1. The molecule has 0 bridgehead atoms. The molecular formula is C59H76N4O12Si. The Morgan fingerprint density at radius 1 is 0.803 bits per heavy atom. The number of carbonyl (C=O) groups is 6. The number of hydrogen-bond donors (Lipinski definition) is 4. The summed E-state index contributed by atoms with van der Waals surface area (Å²) >= 11 is 0. The van der Waals surface area contributed by atoms with Crippen LogP contribution in [-0.4, -0.2) is 122 Å². The lowest BCUT2D eigenvalue weighted by Crippen LogP contribution is -2.58. The third-order valence-electron chi connectivity index (χ3n) is 13.8. The van der Waals surface area contributed by atoms with Crippen LogP contribution in [0.5, 0.6) is 5.75 Å². The Hall–Kier alpha value is -6.82. The van der Waals surface area contributed by atoms with Crippen LogP contribution in [0.25, 0.3) is 11.1 Å². The van der Waals surface area contributed by atoms with Gasteiger partial charge < -0.3 is 49.6 Å². The lowest BCUT2D eigenvalue weighted by molar-refractivity contribution is -0.152. The molecule has 1 aliphatic carbocycles. The Balaban J connectivity index is 1.26. The van der Waals surface area contributed by atoms with Crippen LogP contribution in [0, 0.1) is 5.92 Å². The second-order valence-electron chi connectivity index (χ2n) is 22.1. The summed E-state index contributed by atoms with van der Waals surface area (Å²) in [5, 5.41) is 19.3. The molecule has 1 heterocycles. The van der Waals surface area contributed by atoms with Crippen molar-refractivity contribution in [3.05, 3.63) is 138 Å². The van der Waals surface area contributed by atoms with E-state index in [1.807, 2.05) is 68.4 Å². The lowest BCUT2D eigenvalue weighted by atomic mass is 9.96. The summed E-state index contributed by atoms with van der Waals surface area (Å²) in [6, 6.07) is 26.7. The average Bonchev–Trinajstić information content (AvgIpc) is 4.12. The first-order chi connectivity index (χ1) is 35.9. The number of aliphatic hydroxyl groups excluding tert-OH is 1. The van der Waals surface area contributed by atoms with Gasteiger partial charge in [0.05, 0.1) is 19.3 Å². The summed E-state index contributed by atoms with van der Waals surface area (Å²) < 4.78 is 28.9. The summed E-state index contributed by atoms with van der Waals surface area (Å²) in [5.74, 6) is -3.80. The molecule has 0 spiro atoms. The zero-order valence-electron chi connectivity index (χ0n) is 45.7. The van der Waals surface area contributed by atoms with Crippen LogP contribution in [0.1, 0.15) is 89.1 Å². The molecule has 8 atom stereocenters. The molecular weight excluding hydrogens is 985 g/mol. The number of carbonyl (C=O) groups excluding carboxylic acids is 6. The number of nitrogens with one attached hydrogen (secondary N) is 3. The smallest absolute Gasteiger partial charge is 0.408 e. The van der Waals surface area contributed by atoms with Crippen LogP contribution in [0.4, 0.5) is 4.79 Å². The van der Waals surface area contributed by atoms with Crippen molar-refractivity contribution in [3.8, 4) is 16.9 Å². The van der Waals surface area contributed by atoms with Crippen LogP contribution in [0.15, 0.2) is 115 Å². The molecule has 4 aromatic rings. The molecule has 0 radical (unpaired) electrons. The van der Waals surface area contributed by atoms with Crippen molar-refractivity contribution in [2.75, 3.05) is 26.9 Å². The summed E-state index contributed by atoms with van der Waals surface area (Å²) in [6.45, 7) is 19.2. The largest absolute Gasteiger partial charge is 0.487 e. The molecule has 16 nitrogen and oxygen atoms in total. The maximum Gasteiger partial charge on any atom is 0.408 e. The van der Waals surface area contributed by atoms with E-state index in [0.717, 1.165) is 28.3 Å². The zero-order chi connectivity index (χ0) is 55.5. The highest BCUT2D eigenvalue weighted by Gasteiger charge is 2.49. The predicted molar refractivity (Wildman–Crippen MR) is 292 cm³/mol. The van der Waals surface area contributed by atoms with Gasteiger partial charge in [-0.1, -0.05) is 131 Å². The average molecular weight is 1060 g/mol. The first-order valence-electron chi connectivity index (χ1n) is 26.1. The summed E-state index contributed by atoms with van der Waals surface area (Å²) in [6.07, 6.45) is 0.674. The van der Waals surface area contributed by atoms with Gasteiger partial charge >= 0.3 is 18.0 Å². The van der Waals surface area contributed by atoms with E-state index in [1.54, 1.807) is 82.3 Å². The van der Waals surface area contributed by atoms with Crippen molar-refractivity contribution in [1.29, 1.82) is 0 Å². The minimum absolute atomic E-state index is 0.0262. The van der Waals surface area contributed by atoms with Crippen molar-refractivity contribution >= 4 is 43.8 Å². The first kappa shape index (κ1) is 58.4. The molecule has 17 heteroatoms. The zero-order valence-corrected chi connectivity index (χ0v) is 46.7. The molecule has 1 saturated heterocycles. The molecule has 4 amide bonds. The molecule has 1 aliphatic heterocycles. The lowest BCUT2D eigenvalue weighted by Gasteiger charge is -2.33. The van der Waals surface area contributed by atoms with E-state index in [1.165, 1.54) is 24.9 Å². The number of esters is 2. The Morgan fingerprint density at radius 2 is 1.39 bits per heavy atom. The maximum atomic E-state index is 15.2. The van der Waals surface area contributed by atoms with Crippen LogP contribution < -0.4 is 20.7 Å². The highest BCUT2D eigenvalue weighted by atomic mass is 28.3. The van der Waals surface area contributed by atoms with Crippen LogP contribution in [-0.2, 0) is 49.3 Å². The minimum Gasteiger partial charge on any atom is -0.487 e. The Labute approximate surface area is 448 Å². The molecule has 0 saturated carbocycles. The van der Waals surface area contributed by atoms with E-state index in [2.05, 4.69) is 35.6 Å². The maximum absolute atomic E-state index is 15.2. The predicted octanol–water partition coefficient (Wildman–Crippen LogP) is 8.05. The van der Waals surface area contributed by atoms with Gasteiger partial charge in [-0.3, -0.25) is 14.4 Å². The van der Waals surface area contributed by atoms with Gasteiger partial charge in [-0.25, -0.2) is 14.4 Å². The van der Waals surface area contributed by atoms with E-state index in [4.69, 9.17) is 23.7 Å². The topological polar surface area (TPSA) is 211 Å². The second-order valence-corrected chi connectivity index (χ2v) is 27.7. The SMILES string of the molecule is CC[C@H](C)[C@@H](NC(=O)OC(C)(C)C)C(=O)N[C@H](C(=O)N(C)[C@@H](Cc1ccccc1)C(=O)N[C@@H](C(=O)OCC1c2ccccc2-c2ccccc21)[C@@H](C)O)c1ccc(O[C@H](C)[C@]2(/C=C/C(=O)OCC[Si](C)(C)C)CO2)cc1. The summed E-state index contributed by atoms with van der Waals surface area (Å²) in [4.78, 5) is 85.3. The monoisotopic (exact) mass is 1060 g/mol. The Morgan fingerprint density at radius 3 is 1.95 bits per heavy atom. The van der Waals surface area contributed by atoms with Crippen LogP contribution in [0.2, 0.25) is 25.7 Å². The molecule has 76 heavy (non-hydrogen) atoms. The number of nitrogens with zero attached hydrogens (tertiary/aromatic N) is 1. The number of fused-ring (bicyclic) bond motifs is 3. The molecule has 0 aromatic heterocycles. The number of hydrogen-bond acceptors (Lipinski definition) is 12. The van der Waals surface area contributed by atoms with Gasteiger partial charge in [0.15, 0.2) is 6.04 Å². The Kier molecular flexibility index (Phi) is 19.5. The molecule has 4 aromatic carbocycles. The van der Waals surface area contributed by atoms with Gasteiger partial charge in [0.2, 0.25) is 17.7 Å². The summed E-state index contributed by atoms with van der Waals surface area (Å²) in [5.41, 5.74) is 3.30. The van der Waals surface area contributed by atoms with Crippen LogP contribution >= 0.6 is 0 Å². The molecule has 0 unspecified atom stereocenters. The summed E-state index contributed by atoms with van der Waals surface area (Å²) in [7, 11) is 0.0335. The van der Waals surface area contributed by atoms with Gasteiger partial charge in [-0.15, -0.1) is 0 Å². The van der Waals surface area contributed by atoms with Crippen molar-refractivity contribution < 1.29 is 57.6 Å². The fourth-order valence-corrected chi connectivity index (χ4v) is 9.60. The van der Waals surface area contributed by atoms with E-state index >= 15 is 4.79 Å². The highest BCUT2D eigenvalue weighted by Crippen LogP contribution is 2.44. The van der Waals surface area contributed by atoms with Gasteiger partial charge in [0.25, 0.3) is 0 Å². The minimum atomic E-state index is -1.52. The van der Waals surface area contributed by atoms with Gasteiger partial charge in [0.1, 0.15) is 47.8 Å². The third kappa shape index (κ3) is 15.6. The van der Waals surface area contributed by atoms with Gasteiger partial charge in [-0.2, -0.15) is 0 Å². The molecule has 1 fully saturated rings. The first-order valence-corrected chi connectivity index (χ1v) is 29.8. The van der Waals surface area contributed by atoms with Crippen molar-refractivity contribution in [2.24, 2.45) is 5.92 Å². The Bertz CT molecular complexity index is 2650. The van der Waals surface area contributed by atoms with E-state index < -0.39 is 97.3 Å². The van der Waals surface area contributed by atoms with Crippen molar-refractivity contribution in [2.45, 2.75) is 140 Å².